The highest BCUT2D eigenvalue weighted by atomic mass is 16.1. The lowest BCUT2D eigenvalue weighted by Crippen LogP contribution is -2.41. The Balaban J connectivity index is 1.40. The molecule has 0 aliphatic carbocycles. The predicted molar refractivity (Wildman–Crippen MR) is 118 cm³/mol. The molecular weight excluding hydrogens is 378 g/mol. The highest BCUT2D eigenvalue weighted by Crippen LogP contribution is 2.24. The number of benzene rings is 1. The third-order valence-electron chi connectivity index (χ3n) is 5.48. The summed E-state index contributed by atoms with van der Waals surface area (Å²) in [6.07, 6.45) is 5.43. The van der Waals surface area contributed by atoms with E-state index in [2.05, 4.69) is 25.4 Å². The van der Waals surface area contributed by atoms with Crippen molar-refractivity contribution in [1.82, 2.24) is 19.7 Å². The molecule has 2 aromatic heterocycles. The summed E-state index contributed by atoms with van der Waals surface area (Å²) in [4.78, 5) is 21.2. The molecule has 3 heterocycles. The smallest absolute Gasteiger partial charge is 0.229 e. The van der Waals surface area contributed by atoms with Crippen LogP contribution in [0.25, 0.3) is 5.82 Å². The molecule has 1 saturated heterocycles. The van der Waals surface area contributed by atoms with Gasteiger partial charge in [-0.25, -0.2) is 4.98 Å². The number of piperidine rings is 1. The number of imidazole rings is 1. The fourth-order valence-corrected chi connectivity index (χ4v) is 3.72. The number of carbonyl (C=O) groups excluding carboxylic acids is 1. The minimum Gasteiger partial charge on any atom is -0.378 e. The molecule has 1 fully saturated rings. The molecule has 1 aromatic carbocycles. The Labute approximate surface area is 176 Å². The molecule has 30 heavy (non-hydrogen) atoms. The van der Waals surface area contributed by atoms with Crippen LogP contribution >= 0.6 is 0 Å². The second-order valence-electron chi connectivity index (χ2n) is 7.81. The number of anilines is 3. The summed E-state index contributed by atoms with van der Waals surface area (Å²) >= 11 is 0. The lowest BCUT2D eigenvalue weighted by atomic mass is 9.97. The molecule has 3 aromatic rings. The van der Waals surface area contributed by atoms with E-state index in [9.17, 15) is 4.79 Å². The highest BCUT2D eigenvalue weighted by molar-refractivity contribution is 5.93. The van der Waals surface area contributed by atoms with Gasteiger partial charge in [0, 0.05) is 51.0 Å². The molecule has 8 heteroatoms. The standard InChI is InChI=1S/C22H27N7O/c1-16-23-12-14-29(16)21-11-10-20(25-26-21)28-13-4-5-17(15-28)22(30)24-18-6-8-19(9-7-18)27(2)3/h6-12,14,17H,4-5,13,15H2,1-3H3,(H,24,30). The van der Waals surface area contributed by atoms with Crippen LogP contribution in [0.2, 0.25) is 0 Å². The van der Waals surface area contributed by atoms with Crippen molar-refractivity contribution >= 4 is 23.1 Å². The molecule has 1 atom stereocenters. The second kappa shape index (κ2) is 8.52. The largest absolute Gasteiger partial charge is 0.378 e. The molecule has 0 bridgehead atoms. The van der Waals surface area contributed by atoms with E-state index in [0.717, 1.165) is 48.2 Å². The summed E-state index contributed by atoms with van der Waals surface area (Å²) in [5.41, 5.74) is 1.92. The van der Waals surface area contributed by atoms with Crippen molar-refractivity contribution in [1.29, 1.82) is 0 Å². The molecule has 0 saturated carbocycles. The summed E-state index contributed by atoms with van der Waals surface area (Å²) in [7, 11) is 3.99. The van der Waals surface area contributed by atoms with Crippen LogP contribution in [0.4, 0.5) is 17.2 Å². The van der Waals surface area contributed by atoms with Gasteiger partial charge in [0.25, 0.3) is 0 Å². The van der Waals surface area contributed by atoms with Crippen molar-refractivity contribution in [2.75, 3.05) is 42.3 Å². The summed E-state index contributed by atoms with van der Waals surface area (Å²) in [6.45, 7) is 3.44. The second-order valence-corrected chi connectivity index (χ2v) is 7.81. The number of nitrogens with zero attached hydrogens (tertiary/aromatic N) is 6. The number of aromatic nitrogens is 4. The predicted octanol–water partition coefficient (Wildman–Crippen LogP) is 2.89. The molecule has 156 valence electrons. The normalized spacial score (nSPS) is 16.4. The van der Waals surface area contributed by atoms with E-state index in [-0.39, 0.29) is 11.8 Å². The number of hydrogen-bond donors (Lipinski definition) is 1. The van der Waals surface area contributed by atoms with Gasteiger partial charge in [0.15, 0.2) is 11.6 Å². The Morgan fingerprint density at radius 3 is 2.47 bits per heavy atom. The monoisotopic (exact) mass is 405 g/mol. The first-order chi connectivity index (χ1) is 14.5. The van der Waals surface area contributed by atoms with Crippen molar-refractivity contribution < 1.29 is 4.79 Å². The zero-order valence-corrected chi connectivity index (χ0v) is 17.6. The zero-order valence-electron chi connectivity index (χ0n) is 17.6. The number of hydrogen-bond acceptors (Lipinski definition) is 6. The average Bonchev–Trinajstić information content (AvgIpc) is 3.20. The lowest BCUT2D eigenvalue weighted by molar-refractivity contribution is -0.120. The Hall–Kier alpha value is -3.42. The van der Waals surface area contributed by atoms with Crippen molar-refractivity contribution in [3.63, 3.8) is 0 Å². The number of amides is 1. The van der Waals surface area contributed by atoms with E-state index >= 15 is 0 Å². The highest BCUT2D eigenvalue weighted by Gasteiger charge is 2.27. The quantitative estimate of drug-likeness (QED) is 0.703. The summed E-state index contributed by atoms with van der Waals surface area (Å²) in [6, 6.07) is 11.8. The fraction of sp³-hybridized carbons (Fsp3) is 0.364. The molecule has 1 aliphatic heterocycles. The lowest BCUT2D eigenvalue weighted by Gasteiger charge is -2.32. The van der Waals surface area contributed by atoms with E-state index < -0.39 is 0 Å². The molecule has 1 unspecified atom stereocenters. The maximum Gasteiger partial charge on any atom is 0.229 e. The Morgan fingerprint density at radius 2 is 1.83 bits per heavy atom. The maximum atomic E-state index is 12.8. The van der Waals surface area contributed by atoms with Crippen LogP contribution in [0.3, 0.4) is 0 Å². The summed E-state index contributed by atoms with van der Waals surface area (Å²) in [5.74, 6) is 2.37. The first kappa shape index (κ1) is 19.9. The summed E-state index contributed by atoms with van der Waals surface area (Å²) < 4.78 is 1.89. The fourth-order valence-electron chi connectivity index (χ4n) is 3.72. The van der Waals surface area contributed by atoms with E-state index in [1.807, 2.05) is 73.1 Å². The van der Waals surface area contributed by atoms with Gasteiger partial charge in [-0.15, -0.1) is 10.2 Å². The number of nitrogens with one attached hydrogen (secondary N) is 1. The van der Waals surface area contributed by atoms with E-state index in [1.54, 1.807) is 6.20 Å². The van der Waals surface area contributed by atoms with Gasteiger partial charge < -0.3 is 15.1 Å². The van der Waals surface area contributed by atoms with Crippen molar-refractivity contribution in [2.24, 2.45) is 5.92 Å². The first-order valence-electron chi connectivity index (χ1n) is 10.2. The minimum absolute atomic E-state index is 0.0518. The van der Waals surface area contributed by atoms with Crippen LogP contribution in [0.1, 0.15) is 18.7 Å². The molecule has 1 N–H and O–H groups in total. The SMILES string of the molecule is Cc1nccn1-c1ccc(N2CCCC(C(=O)Nc3ccc(N(C)C)cc3)C2)nn1. The number of carbonyl (C=O) groups is 1. The van der Waals surface area contributed by atoms with Gasteiger partial charge >= 0.3 is 0 Å². The molecule has 8 nitrogen and oxygen atoms in total. The first-order valence-corrected chi connectivity index (χ1v) is 10.2. The van der Waals surface area contributed by atoms with Crippen molar-refractivity contribution in [2.45, 2.75) is 19.8 Å². The minimum atomic E-state index is -0.0790. The van der Waals surface area contributed by atoms with E-state index in [4.69, 9.17) is 0 Å². The Kier molecular flexibility index (Phi) is 5.65. The van der Waals surface area contributed by atoms with E-state index in [1.165, 1.54) is 0 Å². The molecule has 1 amide bonds. The third kappa shape index (κ3) is 4.27. The van der Waals surface area contributed by atoms with Gasteiger partial charge in [-0.05, 0) is 56.2 Å². The Morgan fingerprint density at radius 1 is 1.10 bits per heavy atom. The van der Waals surface area contributed by atoms with Gasteiger partial charge in [-0.3, -0.25) is 9.36 Å². The van der Waals surface area contributed by atoms with Crippen LogP contribution in [0, 0.1) is 12.8 Å². The number of rotatable bonds is 5. The van der Waals surface area contributed by atoms with Crippen LogP contribution in [-0.2, 0) is 4.79 Å². The molecule has 0 spiro atoms. The Bertz CT molecular complexity index is 995. The van der Waals surface area contributed by atoms with Crippen LogP contribution in [0.5, 0.6) is 0 Å². The van der Waals surface area contributed by atoms with Crippen LogP contribution in [-0.4, -0.2) is 52.8 Å². The van der Waals surface area contributed by atoms with Crippen LogP contribution < -0.4 is 15.1 Å². The third-order valence-corrected chi connectivity index (χ3v) is 5.48. The molecular formula is C22H27N7O. The zero-order chi connectivity index (χ0) is 21.1. The number of aryl methyl sites for hydroxylation is 1. The summed E-state index contributed by atoms with van der Waals surface area (Å²) in [5, 5.41) is 11.8. The van der Waals surface area contributed by atoms with Gasteiger partial charge in [0.05, 0.1) is 5.92 Å². The van der Waals surface area contributed by atoms with Crippen LogP contribution in [0.15, 0.2) is 48.8 Å². The topological polar surface area (TPSA) is 79.2 Å². The van der Waals surface area contributed by atoms with Crippen molar-refractivity contribution in [3.05, 3.63) is 54.6 Å². The molecule has 4 rings (SSSR count). The maximum absolute atomic E-state index is 12.8. The molecule has 1 aliphatic rings. The van der Waals surface area contributed by atoms with Gasteiger partial charge in [-0.2, -0.15) is 0 Å². The average molecular weight is 406 g/mol. The van der Waals surface area contributed by atoms with Gasteiger partial charge in [0.2, 0.25) is 5.91 Å². The van der Waals surface area contributed by atoms with E-state index in [0.29, 0.717) is 6.54 Å². The van der Waals surface area contributed by atoms with Gasteiger partial charge in [0.1, 0.15) is 5.82 Å². The van der Waals surface area contributed by atoms with Crippen molar-refractivity contribution in [3.8, 4) is 5.82 Å². The molecule has 0 radical (unpaired) electrons. The van der Waals surface area contributed by atoms with Gasteiger partial charge in [-0.1, -0.05) is 0 Å².